The molecule has 0 aliphatic heterocycles. The van der Waals surface area contributed by atoms with E-state index >= 15 is 0 Å². The third-order valence-corrected chi connectivity index (χ3v) is 3.89. The Bertz CT molecular complexity index is 112. The van der Waals surface area contributed by atoms with Crippen molar-refractivity contribution in [3.05, 3.63) is 0 Å². The molecule has 1 saturated carbocycles. The van der Waals surface area contributed by atoms with Crippen LogP contribution in [0.4, 0.5) is 0 Å². The Hall–Kier alpha value is 0. The van der Waals surface area contributed by atoms with E-state index in [-0.39, 0.29) is 0 Å². The minimum absolute atomic E-state index is 1.07. The van der Waals surface area contributed by atoms with Gasteiger partial charge in [0.1, 0.15) is 0 Å². The highest BCUT2D eigenvalue weighted by atomic mass is 14.3. The Morgan fingerprint density at radius 3 is 1.50 bits per heavy atom. The van der Waals surface area contributed by atoms with Crippen LogP contribution in [0.1, 0.15) is 78.1 Å². The van der Waals surface area contributed by atoms with Crippen molar-refractivity contribution in [2.75, 3.05) is 0 Å². The Morgan fingerprint density at radius 1 is 0.714 bits per heavy atom. The minimum atomic E-state index is 1.07. The molecule has 0 saturated heterocycles. The van der Waals surface area contributed by atoms with Gasteiger partial charge in [-0.05, 0) is 11.8 Å². The van der Waals surface area contributed by atoms with Crippen LogP contribution < -0.4 is 0 Å². The lowest BCUT2D eigenvalue weighted by molar-refractivity contribution is 0.231. The van der Waals surface area contributed by atoms with Gasteiger partial charge in [0.15, 0.2) is 0 Å². The zero-order chi connectivity index (χ0) is 10.2. The van der Waals surface area contributed by atoms with Crippen molar-refractivity contribution >= 4 is 0 Å². The summed E-state index contributed by atoms with van der Waals surface area (Å²) in [5.41, 5.74) is 0. The average Bonchev–Trinajstić information content (AvgIpc) is 2.16. The minimum Gasteiger partial charge on any atom is -0.0654 e. The number of hydrogen-bond acceptors (Lipinski definition) is 0. The fraction of sp³-hybridized carbons (Fsp3) is 1.00. The molecule has 2 unspecified atom stereocenters. The molecule has 0 spiro atoms. The maximum absolute atomic E-state index is 2.35. The molecule has 0 aromatic carbocycles. The Balaban J connectivity index is 2.42. The lowest BCUT2D eigenvalue weighted by atomic mass is 9.77. The van der Waals surface area contributed by atoms with Crippen molar-refractivity contribution in [1.82, 2.24) is 0 Å². The molecule has 1 aliphatic carbocycles. The van der Waals surface area contributed by atoms with Crippen LogP contribution in [0.2, 0.25) is 0 Å². The lowest BCUT2D eigenvalue weighted by Gasteiger charge is -2.29. The van der Waals surface area contributed by atoms with Crippen LogP contribution in [0.5, 0.6) is 0 Å². The van der Waals surface area contributed by atoms with Gasteiger partial charge in [-0.2, -0.15) is 0 Å². The van der Waals surface area contributed by atoms with Crippen molar-refractivity contribution in [3.8, 4) is 0 Å². The van der Waals surface area contributed by atoms with Crippen LogP contribution in [0.3, 0.4) is 0 Å². The van der Waals surface area contributed by atoms with Gasteiger partial charge < -0.3 is 0 Å². The van der Waals surface area contributed by atoms with Crippen LogP contribution >= 0.6 is 0 Å². The Morgan fingerprint density at radius 2 is 1.14 bits per heavy atom. The first-order chi connectivity index (χ1) is 6.88. The first-order valence-corrected chi connectivity index (χ1v) is 6.88. The van der Waals surface area contributed by atoms with Gasteiger partial charge in [0.2, 0.25) is 0 Å². The van der Waals surface area contributed by atoms with E-state index < -0.39 is 0 Å². The highest BCUT2D eigenvalue weighted by Gasteiger charge is 2.20. The smallest absolute Gasteiger partial charge is 0.0386 e. The summed E-state index contributed by atoms with van der Waals surface area (Å²) in [6, 6.07) is 0. The summed E-state index contributed by atoms with van der Waals surface area (Å²) in [5.74, 6) is 2.14. The summed E-state index contributed by atoms with van der Waals surface area (Å²) in [5, 5.41) is 0. The molecule has 1 aliphatic rings. The Kier molecular flexibility index (Phi) is 6.31. The molecule has 14 heavy (non-hydrogen) atoms. The molecule has 0 N–H and O–H groups in total. The highest BCUT2D eigenvalue weighted by molar-refractivity contribution is 4.72. The standard InChI is InChI=1S/C14H28/c1-3-9-13-11-7-5-6-8-12-14(13)10-4-2/h13-14H,3-12H2,1-2H3. The van der Waals surface area contributed by atoms with Crippen molar-refractivity contribution in [2.24, 2.45) is 11.8 Å². The quantitative estimate of drug-likeness (QED) is 0.581. The van der Waals surface area contributed by atoms with Gasteiger partial charge in [0.25, 0.3) is 0 Å². The monoisotopic (exact) mass is 196 g/mol. The van der Waals surface area contributed by atoms with Crippen molar-refractivity contribution in [2.45, 2.75) is 78.1 Å². The molecule has 0 nitrogen and oxygen atoms in total. The maximum atomic E-state index is 2.35. The molecular weight excluding hydrogens is 168 g/mol. The van der Waals surface area contributed by atoms with E-state index in [0.717, 1.165) is 11.8 Å². The first kappa shape index (κ1) is 12.1. The second-order valence-corrected chi connectivity index (χ2v) is 5.09. The summed E-state index contributed by atoms with van der Waals surface area (Å²) >= 11 is 0. The predicted octanol–water partition coefficient (Wildman–Crippen LogP) is 5.17. The third kappa shape index (κ3) is 4.02. The zero-order valence-corrected chi connectivity index (χ0v) is 10.2. The maximum Gasteiger partial charge on any atom is -0.0386 e. The van der Waals surface area contributed by atoms with E-state index in [4.69, 9.17) is 0 Å². The van der Waals surface area contributed by atoms with Crippen molar-refractivity contribution < 1.29 is 0 Å². The topological polar surface area (TPSA) is 0 Å². The molecule has 84 valence electrons. The van der Waals surface area contributed by atoms with Gasteiger partial charge in [-0.25, -0.2) is 0 Å². The van der Waals surface area contributed by atoms with Crippen molar-refractivity contribution in [3.63, 3.8) is 0 Å². The fourth-order valence-corrected chi connectivity index (χ4v) is 3.14. The van der Waals surface area contributed by atoms with Gasteiger partial charge in [-0.1, -0.05) is 78.1 Å². The molecule has 1 rings (SSSR count). The lowest BCUT2D eigenvalue weighted by Crippen LogP contribution is -2.16. The first-order valence-electron chi connectivity index (χ1n) is 6.88. The van der Waals surface area contributed by atoms with Gasteiger partial charge in [-0.15, -0.1) is 0 Å². The van der Waals surface area contributed by atoms with Gasteiger partial charge in [0, 0.05) is 0 Å². The van der Waals surface area contributed by atoms with E-state index in [2.05, 4.69) is 13.8 Å². The molecule has 0 aromatic heterocycles. The molecule has 0 radical (unpaired) electrons. The molecule has 1 fully saturated rings. The van der Waals surface area contributed by atoms with Gasteiger partial charge in [-0.3, -0.25) is 0 Å². The van der Waals surface area contributed by atoms with Crippen LogP contribution in [-0.2, 0) is 0 Å². The number of hydrogen-bond donors (Lipinski definition) is 0. The second-order valence-electron chi connectivity index (χ2n) is 5.09. The molecule has 0 aromatic rings. The van der Waals surface area contributed by atoms with Gasteiger partial charge >= 0.3 is 0 Å². The van der Waals surface area contributed by atoms with Crippen molar-refractivity contribution in [1.29, 1.82) is 0 Å². The second kappa shape index (κ2) is 7.31. The van der Waals surface area contributed by atoms with Gasteiger partial charge in [0.05, 0.1) is 0 Å². The van der Waals surface area contributed by atoms with Crippen LogP contribution in [-0.4, -0.2) is 0 Å². The van der Waals surface area contributed by atoms with Crippen LogP contribution in [0, 0.1) is 11.8 Å². The third-order valence-electron chi connectivity index (χ3n) is 3.89. The summed E-state index contributed by atoms with van der Waals surface area (Å²) in [4.78, 5) is 0. The molecular formula is C14H28. The number of rotatable bonds is 4. The SMILES string of the molecule is CCCC1CCCCCCC1CCC. The normalized spacial score (nSPS) is 29.6. The van der Waals surface area contributed by atoms with E-state index in [1.165, 1.54) is 64.2 Å². The zero-order valence-electron chi connectivity index (χ0n) is 10.2. The molecule has 0 heterocycles. The summed E-state index contributed by atoms with van der Waals surface area (Å²) in [6.07, 6.45) is 14.8. The molecule has 0 heteroatoms. The summed E-state index contributed by atoms with van der Waals surface area (Å²) < 4.78 is 0. The fourth-order valence-electron chi connectivity index (χ4n) is 3.14. The predicted molar refractivity (Wildman–Crippen MR) is 64.5 cm³/mol. The highest BCUT2D eigenvalue weighted by Crippen LogP contribution is 2.33. The average molecular weight is 196 g/mol. The molecule has 0 bridgehead atoms. The summed E-state index contributed by atoms with van der Waals surface area (Å²) in [6.45, 7) is 4.70. The van der Waals surface area contributed by atoms with E-state index in [9.17, 15) is 0 Å². The Labute approximate surface area is 90.5 Å². The van der Waals surface area contributed by atoms with Crippen LogP contribution in [0.15, 0.2) is 0 Å². The van der Waals surface area contributed by atoms with E-state index in [1.807, 2.05) is 0 Å². The molecule has 2 atom stereocenters. The van der Waals surface area contributed by atoms with Crippen LogP contribution in [0.25, 0.3) is 0 Å². The molecule has 0 amide bonds. The summed E-state index contributed by atoms with van der Waals surface area (Å²) in [7, 11) is 0. The largest absolute Gasteiger partial charge is 0.0654 e. The van der Waals surface area contributed by atoms with E-state index in [0.29, 0.717) is 0 Å². The van der Waals surface area contributed by atoms with E-state index in [1.54, 1.807) is 0 Å².